The van der Waals surface area contributed by atoms with Gasteiger partial charge in [0.1, 0.15) is 6.04 Å². The highest BCUT2D eigenvalue weighted by atomic mass is 16.4. The summed E-state index contributed by atoms with van der Waals surface area (Å²) in [6.45, 7) is 1.29. The highest BCUT2D eigenvalue weighted by Gasteiger charge is 2.16. The molecule has 0 bridgehead atoms. The molecule has 0 spiro atoms. The number of hydrogen-bond acceptors (Lipinski definition) is 4. The van der Waals surface area contributed by atoms with Crippen molar-refractivity contribution in [3.8, 4) is 0 Å². The molecule has 98 valence electrons. The molecule has 1 aliphatic heterocycles. The minimum absolute atomic E-state index is 0.0398. The van der Waals surface area contributed by atoms with Gasteiger partial charge < -0.3 is 21.5 Å². The molecule has 1 rings (SSSR count). The third kappa shape index (κ3) is 5.65. The van der Waals surface area contributed by atoms with Gasteiger partial charge in [0, 0.05) is 19.0 Å². The minimum Gasteiger partial charge on any atom is -0.480 e. The van der Waals surface area contributed by atoms with Crippen LogP contribution in [0.5, 0.6) is 0 Å². The van der Waals surface area contributed by atoms with E-state index in [0.29, 0.717) is 13.0 Å². The minimum atomic E-state index is -1.03. The maximum absolute atomic E-state index is 11.5. The molecule has 1 aliphatic rings. The van der Waals surface area contributed by atoms with E-state index in [1.54, 1.807) is 0 Å². The molecule has 0 radical (unpaired) electrons. The Labute approximate surface area is 101 Å². The monoisotopic (exact) mass is 243 g/mol. The van der Waals surface area contributed by atoms with E-state index in [1.165, 1.54) is 6.42 Å². The van der Waals surface area contributed by atoms with E-state index in [2.05, 4.69) is 10.6 Å². The van der Waals surface area contributed by atoms with Crippen molar-refractivity contribution in [1.29, 1.82) is 0 Å². The van der Waals surface area contributed by atoms with E-state index >= 15 is 0 Å². The van der Waals surface area contributed by atoms with Crippen molar-refractivity contribution >= 4 is 11.9 Å². The lowest BCUT2D eigenvalue weighted by molar-refractivity contribution is -0.138. The summed E-state index contributed by atoms with van der Waals surface area (Å²) in [6, 6.07) is -0.639. The number of amides is 1. The Morgan fingerprint density at radius 1 is 1.47 bits per heavy atom. The molecule has 0 aromatic carbocycles. The van der Waals surface area contributed by atoms with E-state index in [1.807, 2.05) is 0 Å². The Hall–Kier alpha value is -1.14. The average molecular weight is 243 g/mol. The van der Waals surface area contributed by atoms with Crippen molar-refractivity contribution in [2.45, 2.75) is 44.2 Å². The summed E-state index contributed by atoms with van der Waals surface area (Å²) < 4.78 is 0. The second-order valence-corrected chi connectivity index (χ2v) is 4.43. The van der Waals surface area contributed by atoms with Gasteiger partial charge >= 0.3 is 5.97 Å². The first kappa shape index (κ1) is 13.9. The van der Waals surface area contributed by atoms with Crippen molar-refractivity contribution in [2.24, 2.45) is 5.73 Å². The summed E-state index contributed by atoms with van der Waals surface area (Å²) in [6.07, 6.45) is 4.09. The molecule has 0 aliphatic carbocycles. The molecule has 0 aromatic rings. The molecule has 1 fully saturated rings. The molecular weight excluding hydrogens is 222 g/mol. The van der Waals surface area contributed by atoms with Gasteiger partial charge in [-0.25, -0.2) is 0 Å². The topological polar surface area (TPSA) is 104 Å². The van der Waals surface area contributed by atoms with Crippen LogP contribution in [0.25, 0.3) is 0 Å². The van der Waals surface area contributed by atoms with Gasteiger partial charge in [-0.15, -0.1) is 0 Å². The fourth-order valence-corrected chi connectivity index (χ4v) is 1.88. The Balaban J connectivity index is 2.10. The first-order valence-corrected chi connectivity index (χ1v) is 6.08. The molecule has 2 atom stereocenters. The van der Waals surface area contributed by atoms with Crippen LogP contribution in [0.1, 0.15) is 32.1 Å². The molecule has 0 saturated carbocycles. The first-order chi connectivity index (χ1) is 8.09. The highest BCUT2D eigenvalue weighted by molar-refractivity contribution is 5.77. The Kier molecular flexibility index (Phi) is 5.93. The van der Waals surface area contributed by atoms with Gasteiger partial charge in [-0.2, -0.15) is 0 Å². The van der Waals surface area contributed by atoms with Crippen LogP contribution in [0.4, 0.5) is 0 Å². The van der Waals surface area contributed by atoms with Crippen molar-refractivity contribution in [3.63, 3.8) is 0 Å². The van der Waals surface area contributed by atoms with Crippen LogP contribution in [0.2, 0.25) is 0 Å². The van der Waals surface area contributed by atoms with E-state index in [9.17, 15) is 9.59 Å². The SMILES string of the molecule is N[C@@H](CCNC(=O)CC1CCCCN1)C(=O)O. The number of carboxylic acid groups (broad SMARTS) is 1. The van der Waals surface area contributed by atoms with E-state index in [4.69, 9.17) is 10.8 Å². The molecule has 5 N–H and O–H groups in total. The summed E-state index contributed by atoms with van der Waals surface area (Å²) in [5.74, 6) is -1.07. The predicted octanol–water partition coefficient (Wildman–Crippen LogP) is -0.563. The summed E-state index contributed by atoms with van der Waals surface area (Å²) >= 11 is 0. The molecule has 1 heterocycles. The van der Waals surface area contributed by atoms with Crippen LogP contribution in [0.15, 0.2) is 0 Å². The van der Waals surface area contributed by atoms with Crippen LogP contribution >= 0.6 is 0 Å². The van der Waals surface area contributed by atoms with Gasteiger partial charge in [-0.05, 0) is 25.8 Å². The quantitative estimate of drug-likeness (QED) is 0.500. The fraction of sp³-hybridized carbons (Fsp3) is 0.818. The largest absolute Gasteiger partial charge is 0.480 e. The molecule has 17 heavy (non-hydrogen) atoms. The van der Waals surface area contributed by atoms with Gasteiger partial charge in [0.25, 0.3) is 0 Å². The molecule has 6 heteroatoms. The lowest BCUT2D eigenvalue weighted by Gasteiger charge is -2.22. The molecule has 1 saturated heterocycles. The third-order valence-corrected chi connectivity index (χ3v) is 2.94. The summed E-state index contributed by atoms with van der Waals surface area (Å²) in [5, 5.41) is 14.5. The number of nitrogens with one attached hydrogen (secondary N) is 2. The van der Waals surface area contributed by atoms with Gasteiger partial charge in [0.05, 0.1) is 0 Å². The van der Waals surface area contributed by atoms with Crippen LogP contribution in [0.3, 0.4) is 0 Å². The van der Waals surface area contributed by atoms with Crippen LogP contribution in [0, 0.1) is 0 Å². The van der Waals surface area contributed by atoms with Crippen molar-refractivity contribution in [3.05, 3.63) is 0 Å². The van der Waals surface area contributed by atoms with Crippen molar-refractivity contribution in [1.82, 2.24) is 10.6 Å². The van der Waals surface area contributed by atoms with Crippen molar-refractivity contribution < 1.29 is 14.7 Å². The maximum atomic E-state index is 11.5. The van der Waals surface area contributed by atoms with Crippen molar-refractivity contribution in [2.75, 3.05) is 13.1 Å². The van der Waals surface area contributed by atoms with Gasteiger partial charge in [0.15, 0.2) is 0 Å². The summed E-state index contributed by atoms with van der Waals surface area (Å²) in [5.41, 5.74) is 5.32. The number of carbonyl (C=O) groups excluding carboxylic acids is 1. The normalized spacial score (nSPS) is 21.8. The molecule has 1 unspecified atom stereocenters. The number of aliphatic carboxylic acids is 1. The Morgan fingerprint density at radius 3 is 2.82 bits per heavy atom. The van der Waals surface area contributed by atoms with Crippen LogP contribution < -0.4 is 16.4 Å². The summed E-state index contributed by atoms with van der Waals surface area (Å²) in [4.78, 5) is 22.0. The van der Waals surface area contributed by atoms with E-state index < -0.39 is 12.0 Å². The number of hydrogen-bond donors (Lipinski definition) is 4. The van der Waals surface area contributed by atoms with E-state index in [-0.39, 0.29) is 18.4 Å². The Morgan fingerprint density at radius 2 is 2.24 bits per heavy atom. The molecule has 6 nitrogen and oxygen atoms in total. The number of carbonyl (C=O) groups is 2. The number of rotatable bonds is 6. The Bertz CT molecular complexity index is 265. The zero-order valence-electron chi connectivity index (χ0n) is 9.95. The van der Waals surface area contributed by atoms with Gasteiger partial charge in [-0.3, -0.25) is 9.59 Å². The van der Waals surface area contributed by atoms with E-state index in [0.717, 1.165) is 19.4 Å². The average Bonchev–Trinajstić information content (AvgIpc) is 2.30. The first-order valence-electron chi connectivity index (χ1n) is 6.08. The highest BCUT2D eigenvalue weighted by Crippen LogP contribution is 2.09. The smallest absolute Gasteiger partial charge is 0.320 e. The summed E-state index contributed by atoms with van der Waals surface area (Å²) in [7, 11) is 0. The van der Waals surface area contributed by atoms with Gasteiger partial charge in [-0.1, -0.05) is 6.42 Å². The molecule has 1 amide bonds. The van der Waals surface area contributed by atoms with Gasteiger partial charge in [0.2, 0.25) is 5.91 Å². The second-order valence-electron chi connectivity index (χ2n) is 4.43. The fourth-order valence-electron chi connectivity index (χ4n) is 1.88. The van der Waals surface area contributed by atoms with Crippen LogP contribution in [-0.2, 0) is 9.59 Å². The lowest BCUT2D eigenvalue weighted by atomic mass is 10.0. The van der Waals surface area contributed by atoms with Crippen LogP contribution in [-0.4, -0.2) is 42.2 Å². The lowest BCUT2D eigenvalue weighted by Crippen LogP contribution is -2.40. The maximum Gasteiger partial charge on any atom is 0.320 e. The molecular formula is C11H21N3O3. The number of carboxylic acids is 1. The zero-order chi connectivity index (χ0) is 12.7. The standard InChI is InChI=1S/C11H21N3O3/c12-9(11(16)17)4-6-14-10(15)7-8-3-1-2-5-13-8/h8-9,13H,1-7,12H2,(H,14,15)(H,16,17)/t8?,9-/m0/s1. The number of nitrogens with two attached hydrogens (primary N) is 1. The zero-order valence-corrected chi connectivity index (χ0v) is 9.95. The molecule has 0 aromatic heterocycles. The number of piperidine rings is 1. The predicted molar refractivity (Wildman–Crippen MR) is 63.5 cm³/mol. The third-order valence-electron chi connectivity index (χ3n) is 2.94. The second kappa shape index (κ2) is 7.24.